The Morgan fingerprint density at radius 1 is 0.922 bits per heavy atom. The lowest BCUT2D eigenvalue weighted by atomic mass is 10.2. The smallest absolute Gasteiger partial charge is 0.280 e. The SMILES string of the molecule is CC(=O)N[C@H](CSc1nc2c(=O)[nH]c(N)nc2n1Cc1ccccc1F)C(=O)NCCOCCOCCOCCOCCOCCCCCCCl. The fraction of sp³-hybridized carbons (Fsp3) is 0.606. The predicted octanol–water partition coefficient (Wildman–Crippen LogP) is 2.48. The van der Waals surface area contributed by atoms with Crippen molar-refractivity contribution in [2.45, 2.75) is 50.4 Å². The Balaban J connectivity index is 1.30. The average Bonchev–Trinajstić information content (AvgIpc) is 3.44. The molecule has 18 heteroatoms. The fourth-order valence-corrected chi connectivity index (χ4v) is 5.85. The van der Waals surface area contributed by atoms with Crippen LogP contribution in [0.5, 0.6) is 0 Å². The first kappa shape index (κ1) is 42.1. The maximum atomic E-state index is 14.5. The second kappa shape index (κ2) is 24.8. The second-order valence-electron chi connectivity index (χ2n) is 11.2. The van der Waals surface area contributed by atoms with Crippen LogP contribution in [-0.4, -0.2) is 122 Å². The van der Waals surface area contributed by atoms with Crippen LogP contribution in [0.3, 0.4) is 0 Å². The molecular weight excluding hydrogens is 709 g/mol. The van der Waals surface area contributed by atoms with Crippen LogP contribution in [0.4, 0.5) is 10.3 Å². The molecule has 0 saturated carbocycles. The molecule has 0 radical (unpaired) electrons. The van der Waals surface area contributed by atoms with Gasteiger partial charge in [0.2, 0.25) is 17.8 Å². The Morgan fingerprint density at radius 3 is 2.16 bits per heavy atom. The Kier molecular flexibility index (Phi) is 20.5. The number of hydrogen-bond acceptors (Lipinski definition) is 12. The van der Waals surface area contributed by atoms with Crippen LogP contribution >= 0.6 is 23.4 Å². The molecule has 3 rings (SSSR count). The molecule has 0 bridgehead atoms. The molecule has 2 aromatic heterocycles. The topological polar surface area (TPSA) is 194 Å². The summed E-state index contributed by atoms with van der Waals surface area (Å²) >= 11 is 6.76. The number of nitrogens with one attached hydrogen (secondary N) is 3. The Bertz CT molecular complexity index is 1530. The zero-order valence-electron chi connectivity index (χ0n) is 29.0. The highest BCUT2D eigenvalue weighted by Gasteiger charge is 2.23. The molecule has 2 amide bonds. The number of rotatable bonds is 28. The number of unbranched alkanes of at least 4 members (excludes halogenated alkanes) is 3. The number of alkyl halides is 1. The van der Waals surface area contributed by atoms with Crippen molar-refractivity contribution in [1.29, 1.82) is 0 Å². The molecule has 15 nitrogen and oxygen atoms in total. The van der Waals surface area contributed by atoms with E-state index in [1.54, 1.807) is 22.8 Å². The summed E-state index contributed by atoms with van der Waals surface area (Å²) in [6.07, 6.45) is 4.36. The molecule has 0 unspecified atom stereocenters. The number of ether oxygens (including phenoxy) is 5. The molecule has 5 N–H and O–H groups in total. The maximum Gasteiger partial charge on any atom is 0.280 e. The molecule has 2 heterocycles. The van der Waals surface area contributed by atoms with E-state index in [0.717, 1.165) is 44.1 Å². The van der Waals surface area contributed by atoms with Gasteiger partial charge in [-0.2, -0.15) is 4.98 Å². The third kappa shape index (κ3) is 16.3. The number of imidazole rings is 1. The number of carbonyl (C=O) groups excluding carboxylic acids is 2. The molecule has 51 heavy (non-hydrogen) atoms. The van der Waals surface area contributed by atoms with Crippen LogP contribution in [-0.2, 0) is 39.8 Å². The highest BCUT2D eigenvalue weighted by atomic mass is 35.5. The summed E-state index contributed by atoms with van der Waals surface area (Å²) in [6, 6.07) is 5.25. The lowest BCUT2D eigenvalue weighted by Crippen LogP contribution is -2.48. The van der Waals surface area contributed by atoms with E-state index in [2.05, 4.69) is 25.6 Å². The first-order valence-electron chi connectivity index (χ1n) is 16.9. The third-order valence-corrected chi connectivity index (χ3v) is 8.49. The summed E-state index contributed by atoms with van der Waals surface area (Å²) in [6.45, 7) is 6.07. The van der Waals surface area contributed by atoms with Crippen LogP contribution < -0.4 is 21.9 Å². The molecule has 0 saturated heterocycles. The molecule has 0 spiro atoms. The highest BCUT2D eigenvalue weighted by Crippen LogP contribution is 2.24. The number of benzene rings is 1. The monoisotopic (exact) mass is 757 g/mol. The number of aromatic amines is 1. The highest BCUT2D eigenvalue weighted by molar-refractivity contribution is 7.99. The number of fused-ring (bicyclic) bond motifs is 1. The van der Waals surface area contributed by atoms with Gasteiger partial charge in [0, 0.05) is 37.3 Å². The van der Waals surface area contributed by atoms with E-state index in [1.807, 2.05) is 0 Å². The summed E-state index contributed by atoms with van der Waals surface area (Å²) in [7, 11) is 0. The van der Waals surface area contributed by atoms with Gasteiger partial charge in [0.05, 0.1) is 66.0 Å². The summed E-state index contributed by atoms with van der Waals surface area (Å²) in [4.78, 5) is 48.4. The summed E-state index contributed by atoms with van der Waals surface area (Å²) in [5.74, 6) is -0.623. The number of halogens is 2. The summed E-state index contributed by atoms with van der Waals surface area (Å²) in [5, 5.41) is 5.68. The lowest BCUT2D eigenvalue weighted by Gasteiger charge is -2.17. The van der Waals surface area contributed by atoms with Crippen LogP contribution in [0.15, 0.2) is 34.2 Å². The number of thioether (sulfide) groups is 1. The van der Waals surface area contributed by atoms with Gasteiger partial charge >= 0.3 is 0 Å². The largest absolute Gasteiger partial charge is 0.379 e. The van der Waals surface area contributed by atoms with Gasteiger partial charge in [-0.25, -0.2) is 9.37 Å². The number of carbonyl (C=O) groups is 2. The van der Waals surface area contributed by atoms with Crippen molar-refractivity contribution in [3.8, 4) is 0 Å². The van der Waals surface area contributed by atoms with Crippen molar-refractivity contribution in [1.82, 2.24) is 30.2 Å². The van der Waals surface area contributed by atoms with E-state index < -0.39 is 29.2 Å². The third-order valence-electron chi connectivity index (χ3n) is 7.15. The van der Waals surface area contributed by atoms with Crippen LogP contribution in [0.25, 0.3) is 11.2 Å². The van der Waals surface area contributed by atoms with Gasteiger partial charge in [0.15, 0.2) is 16.3 Å². The lowest BCUT2D eigenvalue weighted by molar-refractivity contribution is -0.127. The molecule has 0 aliphatic carbocycles. The molecule has 0 aliphatic rings. The number of H-pyrrole nitrogens is 1. The molecule has 0 aliphatic heterocycles. The average molecular weight is 758 g/mol. The Labute approximate surface area is 305 Å². The number of anilines is 1. The van der Waals surface area contributed by atoms with Gasteiger partial charge in [-0.1, -0.05) is 42.8 Å². The van der Waals surface area contributed by atoms with E-state index in [9.17, 15) is 18.8 Å². The normalized spacial score (nSPS) is 12.0. The number of aromatic nitrogens is 4. The standard InChI is InChI=1S/C33H49ClFN7O8S/c1-24(43)38-27(23-51-33-39-28-29(40-32(36)41-31(28)45)42(33)22-25-8-4-5-9-26(25)35)30(44)37-11-13-47-15-17-49-19-21-50-20-18-48-16-14-46-12-7-3-2-6-10-34/h4-5,8-9,27H,2-3,6-7,10-23H2,1H3,(H,37,44)(H,38,43)(H3,36,40,41,45)/t27-/m1/s1. The van der Waals surface area contributed by atoms with Crippen LogP contribution in [0, 0.1) is 5.82 Å². The quantitative estimate of drug-likeness (QED) is 0.0481. The second-order valence-corrected chi connectivity index (χ2v) is 12.6. The van der Waals surface area contributed by atoms with E-state index in [-0.39, 0.29) is 42.6 Å². The summed E-state index contributed by atoms with van der Waals surface area (Å²) in [5.41, 5.74) is 5.73. The van der Waals surface area contributed by atoms with E-state index >= 15 is 0 Å². The van der Waals surface area contributed by atoms with E-state index in [4.69, 9.17) is 41.0 Å². The Hall–Kier alpha value is -3.32. The first-order valence-corrected chi connectivity index (χ1v) is 18.4. The molecule has 1 atom stereocenters. The zero-order valence-corrected chi connectivity index (χ0v) is 30.5. The molecule has 0 fully saturated rings. The fourth-order valence-electron chi connectivity index (χ4n) is 4.65. The molecule has 1 aromatic carbocycles. The van der Waals surface area contributed by atoms with Gasteiger partial charge in [-0.3, -0.25) is 23.9 Å². The van der Waals surface area contributed by atoms with Gasteiger partial charge in [0.1, 0.15) is 11.9 Å². The van der Waals surface area contributed by atoms with Gasteiger partial charge in [0.25, 0.3) is 5.56 Å². The molecular formula is C33H49ClFN7O8S. The van der Waals surface area contributed by atoms with Crippen molar-refractivity contribution >= 4 is 52.3 Å². The van der Waals surface area contributed by atoms with Gasteiger partial charge in [-0.05, 0) is 18.9 Å². The number of amides is 2. The number of nitrogens with two attached hydrogens (primary N) is 1. The Morgan fingerprint density at radius 2 is 1.53 bits per heavy atom. The van der Waals surface area contributed by atoms with Crippen molar-refractivity contribution in [2.24, 2.45) is 0 Å². The van der Waals surface area contributed by atoms with E-state index in [0.29, 0.717) is 69.5 Å². The van der Waals surface area contributed by atoms with Gasteiger partial charge in [-0.15, -0.1) is 11.6 Å². The van der Waals surface area contributed by atoms with Crippen molar-refractivity contribution in [3.05, 3.63) is 46.0 Å². The molecule has 284 valence electrons. The minimum atomic E-state index is -0.936. The minimum absolute atomic E-state index is 0.00863. The van der Waals surface area contributed by atoms with Crippen molar-refractivity contribution < 1.29 is 37.7 Å². The van der Waals surface area contributed by atoms with E-state index in [1.165, 1.54) is 13.0 Å². The maximum absolute atomic E-state index is 14.5. The number of nitrogens with zero attached hydrogens (tertiary/aromatic N) is 3. The predicted molar refractivity (Wildman–Crippen MR) is 193 cm³/mol. The van der Waals surface area contributed by atoms with Crippen LogP contribution in [0.2, 0.25) is 0 Å². The van der Waals surface area contributed by atoms with Crippen LogP contribution in [0.1, 0.15) is 38.2 Å². The summed E-state index contributed by atoms with van der Waals surface area (Å²) < 4.78 is 43.6. The van der Waals surface area contributed by atoms with Crippen molar-refractivity contribution in [2.75, 3.05) is 90.0 Å². The number of hydrogen-bond donors (Lipinski definition) is 4. The number of nitrogen functional groups attached to an aromatic ring is 1. The van der Waals surface area contributed by atoms with Gasteiger partial charge < -0.3 is 40.1 Å². The first-order chi connectivity index (χ1) is 24.8. The minimum Gasteiger partial charge on any atom is -0.379 e. The zero-order chi connectivity index (χ0) is 36.7. The van der Waals surface area contributed by atoms with Crippen molar-refractivity contribution in [3.63, 3.8) is 0 Å². The molecule has 3 aromatic rings.